The number of aliphatic hydroxyl groups is 2. The van der Waals surface area contributed by atoms with Gasteiger partial charge in [0.1, 0.15) is 11.7 Å². The minimum atomic E-state index is -2.57. The summed E-state index contributed by atoms with van der Waals surface area (Å²) in [6, 6.07) is 0. The number of hydrogen-bond donors (Lipinski definition) is 2. The Morgan fingerprint density at radius 1 is 0.977 bits per heavy atom. The molecule has 0 spiro atoms. The molecular weight excluding hydrogens is 576 g/mol. The van der Waals surface area contributed by atoms with E-state index < -0.39 is 83.4 Å². The fraction of sp³-hybridized carbons (Fsp3) is 0.719. The number of carbonyl (C=O) groups is 5. The van der Waals surface area contributed by atoms with Crippen molar-refractivity contribution in [2.75, 3.05) is 0 Å². The van der Waals surface area contributed by atoms with Gasteiger partial charge in [-0.1, -0.05) is 38.7 Å². The van der Waals surface area contributed by atoms with Crippen molar-refractivity contribution in [3.63, 3.8) is 0 Å². The second-order valence-corrected chi connectivity index (χ2v) is 12.4. The molecule has 0 radical (unpaired) electrons. The first-order valence-corrected chi connectivity index (χ1v) is 15.2. The summed E-state index contributed by atoms with van der Waals surface area (Å²) in [7, 11) is 0. The van der Waals surface area contributed by atoms with Crippen molar-refractivity contribution < 1.29 is 57.9 Å². The van der Waals surface area contributed by atoms with Crippen LogP contribution >= 0.6 is 0 Å². The number of rotatable bonds is 11. The van der Waals surface area contributed by atoms with Gasteiger partial charge in [0.05, 0.1) is 5.92 Å². The second-order valence-electron chi connectivity index (χ2n) is 12.4. The average molecular weight is 623 g/mol. The van der Waals surface area contributed by atoms with E-state index in [9.17, 15) is 34.2 Å². The lowest BCUT2D eigenvalue weighted by Gasteiger charge is -2.41. The molecular formula is C32H46O12. The summed E-state index contributed by atoms with van der Waals surface area (Å²) < 4.78 is 28.9. The first-order valence-electron chi connectivity index (χ1n) is 15.2. The molecule has 12 heteroatoms. The zero-order valence-electron chi connectivity index (χ0n) is 26.9. The van der Waals surface area contributed by atoms with E-state index in [2.05, 4.69) is 6.92 Å². The Labute approximate surface area is 258 Å². The molecule has 0 aromatic rings. The smallest absolute Gasteiger partial charge is 0.341 e. The van der Waals surface area contributed by atoms with E-state index in [0.29, 0.717) is 6.42 Å². The zero-order chi connectivity index (χ0) is 33.2. The molecule has 246 valence electrons. The monoisotopic (exact) mass is 622 g/mol. The molecule has 3 rings (SSSR count). The summed E-state index contributed by atoms with van der Waals surface area (Å²) in [5.41, 5.74) is -6.13. The maximum Gasteiger partial charge on any atom is 0.341 e. The fourth-order valence-corrected chi connectivity index (χ4v) is 6.68. The topological polar surface area (TPSA) is 172 Å². The highest BCUT2D eigenvalue weighted by molar-refractivity contribution is 5.88. The van der Waals surface area contributed by atoms with Crippen LogP contribution in [0, 0.1) is 5.92 Å². The van der Waals surface area contributed by atoms with E-state index in [-0.39, 0.29) is 23.1 Å². The van der Waals surface area contributed by atoms with Crippen LogP contribution in [0.4, 0.5) is 0 Å². The molecule has 8 atom stereocenters. The quantitative estimate of drug-likeness (QED) is 0.114. The van der Waals surface area contributed by atoms with Crippen molar-refractivity contribution in [1.82, 2.24) is 0 Å². The summed E-state index contributed by atoms with van der Waals surface area (Å²) in [6.45, 7) is 11.7. The largest absolute Gasteiger partial charge is 0.459 e. The van der Waals surface area contributed by atoms with Gasteiger partial charge in [-0.05, 0) is 52.2 Å². The van der Waals surface area contributed by atoms with E-state index in [0.717, 1.165) is 46.5 Å². The maximum atomic E-state index is 13.3. The van der Waals surface area contributed by atoms with Gasteiger partial charge >= 0.3 is 29.8 Å². The molecule has 1 saturated carbocycles. The van der Waals surface area contributed by atoms with E-state index in [1.165, 1.54) is 6.92 Å². The lowest BCUT2D eigenvalue weighted by molar-refractivity contribution is -0.211. The molecule has 1 saturated heterocycles. The SMILES string of the molecule is C/C=C(/C)C(=O)O[C@H]1C(C)=C2[C@H]([C@@H]1OC(=O)CCCCCCC)[C@@](C)(OC(C)=O)C[C@H](OC(C)=O)[C@@]1(O)[C@H]2OC(=O)[C@@]1(C)O. The molecule has 3 aliphatic rings. The van der Waals surface area contributed by atoms with Crippen LogP contribution in [0.3, 0.4) is 0 Å². The van der Waals surface area contributed by atoms with E-state index in [4.69, 9.17) is 23.7 Å². The van der Waals surface area contributed by atoms with Crippen LogP contribution in [0.5, 0.6) is 0 Å². The first kappa shape index (κ1) is 35.2. The van der Waals surface area contributed by atoms with Crippen LogP contribution in [0.1, 0.15) is 100 Å². The minimum Gasteiger partial charge on any atom is -0.459 e. The lowest BCUT2D eigenvalue weighted by atomic mass is 9.75. The molecule has 2 N–H and O–H groups in total. The van der Waals surface area contributed by atoms with E-state index in [1.54, 1.807) is 26.8 Å². The Kier molecular flexibility index (Phi) is 10.7. The van der Waals surface area contributed by atoms with Gasteiger partial charge in [0.2, 0.25) is 0 Å². The predicted molar refractivity (Wildman–Crippen MR) is 155 cm³/mol. The molecule has 12 nitrogen and oxygen atoms in total. The number of allylic oxidation sites excluding steroid dienone is 1. The molecule has 1 heterocycles. The van der Waals surface area contributed by atoms with Crippen molar-refractivity contribution in [2.45, 2.75) is 142 Å². The normalized spacial score (nSPS) is 34.8. The number of hydrogen-bond acceptors (Lipinski definition) is 12. The van der Waals surface area contributed by atoms with Gasteiger partial charge < -0.3 is 33.9 Å². The average Bonchev–Trinajstić information content (AvgIpc) is 3.26. The molecule has 0 bridgehead atoms. The summed E-state index contributed by atoms with van der Waals surface area (Å²) in [6.07, 6.45) is -0.148. The third kappa shape index (κ3) is 6.42. The van der Waals surface area contributed by atoms with E-state index in [1.807, 2.05) is 0 Å². The Balaban J connectivity index is 2.22. The van der Waals surface area contributed by atoms with Crippen molar-refractivity contribution in [3.05, 3.63) is 22.8 Å². The van der Waals surface area contributed by atoms with Gasteiger partial charge in [-0.3, -0.25) is 14.4 Å². The van der Waals surface area contributed by atoms with Gasteiger partial charge in [-0.2, -0.15) is 0 Å². The summed E-state index contributed by atoms with van der Waals surface area (Å²) >= 11 is 0. The molecule has 2 fully saturated rings. The third-order valence-corrected chi connectivity index (χ3v) is 9.09. The predicted octanol–water partition coefficient (Wildman–Crippen LogP) is 3.15. The van der Waals surface area contributed by atoms with Gasteiger partial charge in [0.25, 0.3) is 0 Å². The molecule has 2 aliphatic carbocycles. The summed E-state index contributed by atoms with van der Waals surface area (Å²) in [4.78, 5) is 64.1. The van der Waals surface area contributed by atoms with Crippen molar-refractivity contribution in [2.24, 2.45) is 5.92 Å². The standard InChI is InChI=1S/C32H46O12/c1-9-11-12-13-14-15-22(35)41-26-24-23(18(4)25(26)42-28(36)17(3)10-2)27-32(39,31(8,38)29(37)43-27)21(40-19(5)33)16-30(24,7)44-20(6)34/h10,21,24-27,38-39H,9,11-16H2,1-8H3/b17-10-/t21-,24+,25-,26-,27-,30-,31+,32+/m0/s1. The number of unbranched alkanes of at least 4 members (excludes halogenated alkanes) is 4. The zero-order valence-corrected chi connectivity index (χ0v) is 26.9. The van der Waals surface area contributed by atoms with Crippen molar-refractivity contribution >= 4 is 29.8 Å². The maximum absolute atomic E-state index is 13.3. The molecule has 0 aromatic heterocycles. The summed E-state index contributed by atoms with van der Waals surface area (Å²) in [5, 5.41) is 23.6. The van der Waals surface area contributed by atoms with Crippen LogP contribution < -0.4 is 0 Å². The number of esters is 5. The van der Waals surface area contributed by atoms with Gasteiger partial charge in [-0.25, -0.2) is 9.59 Å². The van der Waals surface area contributed by atoms with Crippen LogP contribution in [-0.4, -0.2) is 81.3 Å². The third-order valence-electron chi connectivity index (χ3n) is 9.09. The Hall–Kier alpha value is -3.25. The van der Waals surface area contributed by atoms with Crippen molar-refractivity contribution in [3.8, 4) is 0 Å². The summed E-state index contributed by atoms with van der Waals surface area (Å²) in [5.74, 6) is -5.17. The highest BCUT2D eigenvalue weighted by Gasteiger charge is 2.76. The highest BCUT2D eigenvalue weighted by Crippen LogP contribution is 2.57. The number of carbonyl (C=O) groups excluding carboxylic acids is 5. The van der Waals surface area contributed by atoms with Crippen LogP contribution in [-0.2, 0) is 47.7 Å². The van der Waals surface area contributed by atoms with Crippen LogP contribution in [0.15, 0.2) is 22.8 Å². The first-order chi connectivity index (χ1) is 20.5. The number of ether oxygens (including phenoxy) is 5. The lowest BCUT2D eigenvalue weighted by Crippen LogP contribution is -2.64. The Bertz CT molecular complexity index is 1230. The molecule has 0 aromatic carbocycles. The van der Waals surface area contributed by atoms with Crippen LogP contribution in [0.2, 0.25) is 0 Å². The molecule has 44 heavy (non-hydrogen) atoms. The van der Waals surface area contributed by atoms with E-state index >= 15 is 0 Å². The highest BCUT2D eigenvalue weighted by atomic mass is 16.6. The Morgan fingerprint density at radius 3 is 2.18 bits per heavy atom. The fourth-order valence-electron chi connectivity index (χ4n) is 6.68. The van der Waals surface area contributed by atoms with Gasteiger partial charge in [-0.15, -0.1) is 0 Å². The second kappa shape index (κ2) is 13.4. The molecule has 1 aliphatic heterocycles. The molecule has 0 amide bonds. The molecule has 0 unspecified atom stereocenters. The minimum absolute atomic E-state index is 0.0767. The van der Waals surface area contributed by atoms with Crippen molar-refractivity contribution in [1.29, 1.82) is 0 Å². The number of fused-ring (bicyclic) bond motifs is 3. The van der Waals surface area contributed by atoms with Gasteiger partial charge in [0, 0.05) is 32.3 Å². The Morgan fingerprint density at radius 2 is 1.61 bits per heavy atom. The van der Waals surface area contributed by atoms with Crippen LogP contribution in [0.25, 0.3) is 0 Å². The van der Waals surface area contributed by atoms with Gasteiger partial charge in [0.15, 0.2) is 29.5 Å².